The van der Waals surface area contributed by atoms with Crippen LogP contribution >= 0.6 is 22.9 Å². The zero-order valence-corrected chi connectivity index (χ0v) is 21.7. The van der Waals surface area contributed by atoms with E-state index in [2.05, 4.69) is 26.0 Å². The van der Waals surface area contributed by atoms with Crippen LogP contribution in [0, 0.1) is 12.8 Å². The van der Waals surface area contributed by atoms with Crippen LogP contribution in [0.4, 0.5) is 11.4 Å². The lowest BCUT2D eigenvalue weighted by molar-refractivity contribution is -0.119. The Balaban J connectivity index is 1.45. The normalized spacial score (nSPS) is 15.9. The van der Waals surface area contributed by atoms with Crippen molar-refractivity contribution in [1.82, 2.24) is 20.1 Å². The molecule has 1 aliphatic carbocycles. The Hall–Kier alpha value is -2.91. The highest BCUT2D eigenvalue weighted by molar-refractivity contribution is 7.14. The Morgan fingerprint density at radius 2 is 1.97 bits per heavy atom. The number of aryl methyl sites for hydroxylation is 2. The van der Waals surface area contributed by atoms with Crippen molar-refractivity contribution < 1.29 is 9.59 Å². The van der Waals surface area contributed by atoms with E-state index in [-0.39, 0.29) is 23.8 Å². The minimum atomic E-state index is -0.593. The second-order valence-electron chi connectivity index (χ2n) is 9.10. The molecule has 0 radical (unpaired) electrons. The van der Waals surface area contributed by atoms with Crippen LogP contribution in [-0.2, 0) is 11.8 Å². The van der Waals surface area contributed by atoms with Crippen LogP contribution in [0.5, 0.6) is 0 Å². The van der Waals surface area contributed by atoms with Gasteiger partial charge in [0.2, 0.25) is 5.91 Å². The van der Waals surface area contributed by atoms with E-state index in [1.807, 2.05) is 32.0 Å². The van der Waals surface area contributed by atoms with Crippen molar-refractivity contribution in [2.75, 3.05) is 10.6 Å². The maximum Gasteiger partial charge on any atom is 0.262 e. The van der Waals surface area contributed by atoms with E-state index < -0.39 is 6.04 Å². The lowest BCUT2D eigenvalue weighted by Crippen LogP contribution is -2.48. The van der Waals surface area contributed by atoms with Gasteiger partial charge in [0.05, 0.1) is 39.2 Å². The van der Waals surface area contributed by atoms with Gasteiger partial charge in [-0.1, -0.05) is 30.9 Å². The SMILES string of the molecule is Cc1ncc(Cl)cc1NC(C)c1ccc(C(=O)NC(C(=O)Nc2cnn(C)c2)C2CCCCC2)s1. The summed E-state index contributed by atoms with van der Waals surface area (Å²) in [6.45, 7) is 3.95. The van der Waals surface area contributed by atoms with Crippen LogP contribution in [0.1, 0.15) is 65.3 Å². The first-order valence-electron chi connectivity index (χ1n) is 11.9. The van der Waals surface area contributed by atoms with Gasteiger partial charge >= 0.3 is 0 Å². The van der Waals surface area contributed by atoms with E-state index in [1.54, 1.807) is 30.3 Å². The van der Waals surface area contributed by atoms with Crippen LogP contribution in [0.3, 0.4) is 0 Å². The van der Waals surface area contributed by atoms with Crippen molar-refractivity contribution in [3.05, 3.63) is 57.3 Å². The zero-order chi connectivity index (χ0) is 24.9. The summed E-state index contributed by atoms with van der Waals surface area (Å²) >= 11 is 7.51. The van der Waals surface area contributed by atoms with Crippen molar-refractivity contribution in [2.45, 2.75) is 58.0 Å². The monoisotopic (exact) mass is 514 g/mol. The topological polar surface area (TPSA) is 101 Å². The molecule has 4 rings (SSSR count). The molecule has 2 atom stereocenters. The van der Waals surface area contributed by atoms with Gasteiger partial charge in [0, 0.05) is 24.3 Å². The summed E-state index contributed by atoms with van der Waals surface area (Å²) in [5.74, 6) is -0.317. The van der Waals surface area contributed by atoms with Gasteiger partial charge in [0.15, 0.2) is 0 Å². The van der Waals surface area contributed by atoms with Gasteiger partial charge in [-0.15, -0.1) is 11.3 Å². The molecule has 0 spiro atoms. The maximum absolute atomic E-state index is 13.2. The lowest BCUT2D eigenvalue weighted by Gasteiger charge is -2.29. The number of aromatic nitrogens is 3. The van der Waals surface area contributed by atoms with Gasteiger partial charge in [0.25, 0.3) is 5.91 Å². The van der Waals surface area contributed by atoms with E-state index in [1.165, 1.54) is 17.8 Å². The molecule has 3 heterocycles. The third-order valence-electron chi connectivity index (χ3n) is 6.37. The Morgan fingerprint density at radius 1 is 1.20 bits per heavy atom. The standard InChI is InChI=1S/C25H31ClN6O2S/c1-15-20(11-18(26)12-27-15)29-16(2)21-9-10-22(35-21)24(33)31-23(17-7-5-4-6-8-17)25(34)30-19-13-28-32(3)14-19/h9-14,16-17,23,29H,4-8H2,1-3H3,(H,30,34)(H,31,33). The first-order chi connectivity index (χ1) is 16.8. The van der Waals surface area contributed by atoms with E-state index in [0.29, 0.717) is 15.6 Å². The summed E-state index contributed by atoms with van der Waals surface area (Å²) in [4.78, 5) is 32.2. The van der Waals surface area contributed by atoms with Gasteiger partial charge in [-0.3, -0.25) is 19.3 Å². The third kappa shape index (κ3) is 6.41. The molecule has 3 N–H and O–H groups in total. The van der Waals surface area contributed by atoms with Crippen LogP contribution in [0.2, 0.25) is 5.02 Å². The number of pyridine rings is 1. The van der Waals surface area contributed by atoms with Crippen LogP contribution < -0.4 is 16.0 Å². The van der Waals surface area contributed by atoms with Crippen LogP contribution in [-0.4, -0.2) is 32.6 Å². The van der Waals surface area contributed by atoms with E-state index in [9.17, 15) is 9.59 Å². The van der Waals surface area contributed by atoms with Crippen molar-refractivity contribution in [3.63, 3.8) is 0 Å². The number of halogens is 1. The fourth-order valence-electron chi connectivity index (χ4n) is 4.45. The highest BCUT2D eigenvalue weighted by Gasteiger charge is 2.32. The molecule has 8 nitrogen and oxygen atoms in total. The smallest absolute Gasteiger partial charge is 0.262 e. The highest BCUT2D eigenvalue weighted by atomic mass is 35.5. The molecule has 35 heavy (non-hydrogen) atoms. The summed E-state index contributed by atoms with van der Waals surface area (Å²) in [5, 5.41) is 14.0. The summed E-state index contributed by atoms with van der Waals surface area (Å²) in [7, 11) is 1.80. The van der Waals surface area contributed by atoms with Gasteiger partial charge in [0.1, 0.15) is 6.04 Å². The van der Waals surface area contributed by atoms with E-state index in [0.717, 1.165) is 41.9 Å². The molecule has 0 aromatic carbocycles. The van der Waals surface area contributed by atoms with Crippen molar-refractivity contribution >= 4 is 46.1 Å². The number of rotatable bonds is 8. The average Bonchev–Trinajstić information content (AvgIpc) is 3.49. The fraction of sp³-hybridized carbons (Fsp3) is 0.440. The van der Waals surface area contributed by atoms with Crippen LogP contribution in [0.15, 0.2) is 36.8 Å². The molecule has 1 saturated carbocycles. The van der Waals surface area contributed by atoms with E-state index >= 15 is 0 Å². The van der Waals surface area contributed by atoms with Crippen LogP contribution in [0.25, 0.3) is 0 Å². The molecule has 0 saturated heterocycles. The molecule has 0 bridgehead atoms. The predicted molar refractivity (Wildman–Crippen MR) is 140 cm³/mol. The fourth-order valence-corrected chi connectivity index (χ4v) is 5.52. The van der Waals surface area contributed by atoms with Gasteiger partial charge in [-0.2, -0.15) is 5.10 Å². The molecule has 3 aromatic heterocycles. The van der Waals surface area contributed by atoms with Gasteiger partial charge in [-0.25, -0.2) is 0 Å². The van der Waals surface area contributed by atoms with Gasteiger partial charge < -0.3 is 16.0 Å². The molecule has 2 unspecified atom stereocenters. The van der Waals surface area contributed by atoms with Crippen molar-refractivity contribution in [1.29, 1.82) is 0 Å². The van der Waals surface area contributed by atoms with Crippen molar-refractivity contribution in [2.24, 2.45) is 13.0 Å². The number of thiophene rings is 1. The predicted octanol–water partition coefficient (Wildman–Crippen LogP) is 5.33. The summed E-state index contributed by atoms with van der Waals surface area (Å²) in [6, 6.07) is 4.97. The molecular formula is C25H31ClN6O2S. The number of nitrogens with one attached hydrogen (secondary N) is 3. The number of carbonyl (C=O) groups excluding carboxylic acids is 2. The molecule has 1 aliphatic rings. The minimum absolute atomic E-state index is 0.0384. The Labute approximate surface area is 214 Å². The molecule has 0 aliphatic heterocycles. The zero-order valence-electron chi connectivity index (χ0n) is 20.2. The number of anilines is 2. The Morgan fingerprint density at radius 3 is 2.69 bits per heavy atom. The number of amides is 2. The first kappa shape index (κ1) is 25.2. The molecule has 2 amide bonds. The molecule has 3 aromatic rings. The second-order valence-corrected chi connectivity index (χ2v) is 10.6. The largest absolute Gasteiger partial charge is 0.376 e. The number of carbonyl (C=O) groups is 2. The second kappa shape index (κ2) is 11.2. The highest BCUT2D eigenvalue weighted by Crippen LogP contribution is 2.30. The number of nitrogens with zero attached hydrogens (tertiary/aromatic N) is 3. The Bertz CT molecular complexity index is 1190. The number of hydrogen-bond donors (Lipinski definition) is 3. The average molecular weight is 515 g/mol. The molecular weight excluding hydrogens is 484 g/mol. The van der Waals surface area contributed by atoms with Crippen molar-refractivity contribution in [3.8, 4) is 0 Å². The minimum Gasteiger partial charge on any atom is -0.376 e. The molecule has 1 fully saturated rings. The van der Waals surface area contributed by atoms with Gasteiger partial charge in [-0.05, 0) is 50.8 Å². The quantitative estimate of drug-likeness (QED) is 0.377. The maximum atomic E-state index is 13.2. The summed E-state index contributed by atoms with van der Waals surface area (Å²) in [5.41, 5.74) is 2.33. The molecule has 186 valence electrons. The third-order valence-corrected chi connectivity index (χ3v) is 7.84. The lowest BCUT2D eigenvalue weighted by atomic mass is 9.83. The first-order valence-corrected chi connectivity index (χ1v) is 13.1. The Kier molecular flexibility index (Phi) is 8.07. The molecule has 10 heteroatoms. The summed E-state index contributed by atoms with van der Waals surface area (Å²) < 4.78 is 1.63. The van der Waals surface area contributed by atoms with E-state index in [4.69, 9.17) is 11.6 Å². The summed E-state index contributed by atoms with van der Waals surface area (Å²) in [6.07, 6.45) is 10.1. The number of hydrogen-bond acceptors (Lipinski definition) is 6.